The van der Waals surface area contributed by atoms with E-state index in [0.29, 0.717) is 29.3 Å². The van der Waals surface area contributed by atoms with Gasteiger partial charge in [0, 0.05) is 12.7 Å². The highest BCUT2D eigenvalue weighted by Crippen LogP contribution is 2.17. The Kier molecular flexibility index (Phi) is 3.79. The first kappa shape index (κ1) is 13.1. The minimum absolute atomic E-state index is 0.118. The number of anilines is 1. The summed E-state index contributed by atoms with van der Waals surface area (Å²) in [6.45, 7) is 4.33. The van der Waals surface area contributed by atoms with Crippen LogP contribution >= 0.6 is 0 Å². The van der Waals surface area contributed by atoms with Gasteiger partial charge in [-0.15, -0.1) is 0 Å². The maximum atomic E-state index is 12.0. The van der Waals surface area contributed by atoms with Crippen LogP contribution in [0.5, 0.6) is 0 Å². The predicted octanol–water partition coefficient (Wildman–Crippen LogP) is 1.55. The first-order valence-corrected chi connectivity index (χ1v) is 6.03. The molecular weight excluding hydrogens is 244 g/mol. The lowest BCUT2D eigenvalue weighted by molar-refractivity contribution is 0.0454. The summed E-state index contributed by atoms with van der Waals surface area (Å²) in [4.78, 5) is 16.1. The van der Waals surface area contributed by atoms with Gasteiger partial charge < -0.3 is 10.5 Å². The fourth-order valence-corrected chi connectivity index (χ4v) is 1.73. The number of hydrogen-bond acceptors (Lipinski definition) is 5. The first-order valence-electron chi connectivity index (χ1n) is 6.03. The zero-order chi connectivity index (χ0) is 13.8. The Balaban J connectivity index is 2.12. The van der Waals surface area contributed by atoms with Crippen molar-refractivity contribution in [1.29, 1.82) is 0 Å². The Hall–Kier alpha value is -2.37. The third kappa shape index (κ3) is 2.73. The van der Waals surface area contributed by atoms with Gasteiger partial charge in [0.15, 0.2) is 5.69 Å². The summed E-state index contributed by atoms with van der Waals surface area (Å²) < 4.78 is 6.76. The third-order valence-corrected chi connectivity index (χ3v) is 2.74. The minimum atomic E-state index is -0.481. The number of ether oxygens (including phenoxy) is 1. The van der Waals surface area contributed by atoms with E-state index in [9.17, 15) is 4.79 Å². The molecule has 0 spiro atoms. The van der Waals surface area contributed by atoms with E-state index in [2.05, 4.69) is 10.1 Å². The lowest BCUT2D eigenvalue weighted by atomic mass is 10.3. The van der Waals surface area contributed by atoms with Gasteiger partial charge in [-0.1, -0.05) is 6.07 Å². The van der Waals surface area contributed by atoms with Gasteiger partial charge in [-0.2, -0.15) is 5.10 Å². The van der Waals surface area contributed by atoms with Crippen LogP contribution < -0.4 is 5.73 Å². The molecule has 0 aliphatic heterocycles. The fraction of sp³-hybridized carbons (Fsp3) is 0.308. The Bertz CT molecular complexity index is 578. The Morgan fingerprint density at radius 3 is 2.89 bits per heavy atom. The molecule has 6 heteroatoms. The van der Waals surface area contributed by atoms with Crippen molar-refractivity contribution in [2.45, 2.75) is 27.0 Å². The van der Waals surface area contributed by atoms with E-state index in [1.54, 1.807) is 29.9 Å². The normalized spacial score (nSPS) is 10.4. The van der Waals surface area contributed by atoms with Crippen LogP contribution in [0.4, 0.5) is 5.69 Å². The zero-order valence-corrected chi connectivity index (χ0v) is 11.0. The smallest absolute Gasteiger partial charge is 0.359 e. The van der Waals surface area contributed by atoms with Crippen molar-refractivity contribution < 1.29 is 9.53 Å². The number of carbonyl (C=O) groups is 1. The van der Waals surface area contributed by atoms with Crippen LogP contribution in [-0.2, 0) is 17.9 Å². The van der Waals surface area contributed by atoms with Crippen molar-refractivity contribution in [3.8, 4) is 0 Å². The average Bonchev–Trinajstić information content (AvgIpc) is 2.73. The highest BCUT2D eigenvalue weighted by Gasteiger charge is 2.20. The molecule has 2 rings (SSSR count). The summed E-state index contributed by atoms with van der Waals surface area (Å²) in [5.74, 6) is -0.481. The lowest BCUT2D eigenvalue weighted by Gasteiger charge is -2.06. The molecule has 0 atom stereocenters. The summed E-state index contributed by atoms with van der Waals surface area (Å²) in [6.07, 6.45) is 1.65. The van der Waals surface area contributed by atoms with Gasteiger partial charge in [-0.05, 0) is 26.0 Å². The van der Waals surface area contributed by atoms with Gasteiger partial charge in [0.05, 0.1) is 17.1 Å². The van der Waals surface area contributed by atoms with Gasteiger partial charge in [0.1, 0.15) is 6.61 Å². The number of aromatic nitrogens is 3. The van der Waals surface area contributed by atoms with E-state index < -0.39 is 5.97 Å². The van der Waals surface area contributed by atoms with Crippen molar-refractivity contribution in [2.75, 3.05) is 5.73 Å². The molecule has 2 heterocycles. The average molecular weight is 260 g/mol. The second-order valence-electron chi connectivity index (χ2n) is 4.06. The van der Waals surface area contributed by atoms with E-state index >= 15 is 0 Å². The number of carbonyl (C=O) groups excluding carboxylic acids is 1. The maximum Gasteiger partial charge on any atom is 0.359 e. The van der Waals surface area contributed by atoms with Crippen LogP contribution in [0.3, 0.4) is 0 Å². The van der Waals surface area contributed by atoms with Crippen LogP contribution in [0.15, 0.2) is 24.4 Å². The molecular formula is C13H16N4O2. The van der Waals surface area contributed by atoms with E-state index in [-0.39, 0.29) is 6.61 Å². The summed E-state index contributed by atoms with van der Waals surface area (Å²) in [7, 11) is 0. The molecule has 0 amide bonds. The van der Waals surface area contributed by atoms with Crippen molar-refractivity contribution in [3.63, 3.8) is 0 Å². The van der Waals surface area contributed by atoms with Gasteiger partial charge in [0.2, 0.25) is 0 Å². The first-order chi connectivity index (χ1) is 9.13. The lowest BCUT2D eigenvalue weighted by Crippen LogP contribution is -2.14. The second kappa shape index (κ2) is 5.51. The molecule has 0 aliphatic carbocycles. The third-order valence-electron chi connectivity index (χ3n) is 2.74. The largest absolute Gasteiger partial charge is 0.454 e. The van der Waals surface area contributed by atoms with Crippen LogP contribution in [0.2, 0.25) is 0 Å². The van der Waals surface area contributed by atoms with Gasteiger partial charge in [0.25, 0.3) is 0 Å². The molecule has 0 saturated carbocycles. The number of aryl methyl sites for hydroxylation is 2. The maximum absolute atomic E-state index is 12.0. The molecule has 19 heavy (non-hydrogen) atoms. The number of nitrogens with two attached hydrogens (primary N) is 1. The number of esters is 1. The van der Waals surface area contributed by atoms with E-state index in [0.717, 1.165) is 0 Å². The molecule has 0 bridgehead atoms. The fourth-order valence-electron chi connectivity index (χ4n) is 1.73. The van der Waals surface area contributed by atoms with E-state index in [4.69, 9.17) is 10.5 Å². The molecule has 0 radical (unpaired) electrons. The molecule has 2 aromatic heterocycles. The number of nitrogen functional groups attached to an aromatic ring is 1. The topological polar surface area (TPSA) is 83.0 Å². The highest BCUT2D eigenvalue weighted by molar-refractivity contribution is 5.93. The standard InChI is InChI=1S/C13H16N4O2/c1-3-17-12(11(14)9(2)16-17)13(18)19-8-10-6-4-5-7-15-10/h4-7H,3,8,14H2,1-2H3. The number of rotatable bonds is 4. The van der Waals surface area contributed by atoms with Gasteiger partial charge >= 0.3 is 5.97 Å². The molecule has 0 aliphatic rings. The molecule has 0 unspecified atom stereocenters. The van der Waals surface area contributed by atoms with Crippen LogP contribution in [0.1, 0.15) is 28.8 Å². The van der Waals surface area contributed by atoms with E-state index in [1.807, 2.05) is 13.0 Å². The zero-order valence-electron chi connectivity index (χ0n) is 11.0. The van der Waals surface area contributed by atoms with Crippen LogP contribution in [0, 0.1) is 6.92 Å². The monoisotopic (exact) mass is 260 g/mol. The van der Waals surface area contributed by atoms with Gasteiger partial charge in [-0.3, -0.25) is 9.67 Å². The van der Waals surface area contributed by atoms with Gasteiger partial charge in [-0.25, -0.2) is 4.79 Å². The number of pyridine rings is 1. The highest BCUT2D eigenvalue weighted by atomic mass is 16.5. The quantitative estimate of drug-likeness (QED) is 0.843. The molecule has 2 N–H and O–H groups in total. The van der Waals surface area contributed by atoms with Crippen molar-refractivity contribution >= 4 is 11.7 Å². The summed E-state index contributed by atoms with van der Waals surface area (Å²) in [5.41, 5.74) is 7.84. The van der Waals surface area contributed by atoms with Crippen molar-refractivity contribution in [3.05, 3.63) is 41.5 Å². The Morgan fingerprint density at radius 1 is 1.47 bits per heavy atom. The number of hydrogen-bond donors (Lipinski definition) is 1. The summed E-state index contributed by atoms with van der Waals surface area (Å²) >= 11 is 0. The molecule has 0 fully saturated rings. The summed E-state index contributed by atoms with van der Waals surface area (Å²) in [6, 6.07) is 5.43. The molecule has 100 valence electrons. The van der Waals surface area contributed by atoms with Crippen LogP contribution in [-0.4, -0.2) is 20.7 Å². The molecule has 6 nitrogen and oxygen atoms in total. The molecule has 0 aromatic carbocycles. The minimum Gasteiger partial charge on any atom is -0.454 e. The Morgan fingerprint density at radius 2 is 2.26 bits per heavy atom. The van der Waals surface area contributed by atoms with Crippen molar-refractivity contribution in [1.82, 2.24) is 14.8 Å². The second-order valence-corrected chi connectivity index (χ2v) is 4.06. The molecule has 2 aromatic rings. The predicted molar refractivity (Wildman–Crippen MR) is 70.4 cm³/mol. The SMILES string of the molecule is CCn1nc(C)c(N)c1C(=O)OCc1ccccn1. The summed E-state index contributed by atoms with van der Waals surface area (Å²) in [5, 5.41) is 4.18. The number of nitrogens with zero attached hydrogens (tertiary/aromatic N) is 3. The van der Waals surface area contributed by atoms with Crippen molar-refractivity contribution in [2.24, 2.45) is 0 Å². The Labute approximate surface area is 111 Å². The molecule has 0 saturated heterocycles. The van der Waals surface area contributed by atoms with E-state index in [1.165, 1.54) is 0 Å². The van der Waals surface area contributed by atoms with Crippen LogP contribution in [0.25, 0.3) is 0 Å².